The second kappa shape index (κ2) is 5.82. The van der Waals surface area contributed by atoms with Crippen LogP contribution in [0.25, 0.3) is 0 Å². The average molecular weight is 309 g/mol. The number of carbonyl (C=O) groups is 1. The fraction of sp³-hybridized carbons (Fsp3) is 0.417. The number of amides is 1. The summed E-state index contributed by atoms with van der Waals surface area (Å²) >= 11 is 0. The molecule has 0 bridgehead atoms. The summed E-state index contributed by atoms with van der Waals surface area (Å²) < 4.78 is 59.1. The minimum Gasteiger partial charge on any atom is -0.349 e. The molecule has 0 saturated carbocycles. The molecule has 0 aliphatic carbocycles. The molecule has 20 heavy (non-hydrogen) atoms. The van der Waals surface area contributed by atoms with E-state index in [1.54, 1.807) is 0 Å². The van der Waals surface area contributed by atoms with Gasteiger partial charge in [-0.25, -0.2) is 8.42 Å². The van der Waals surface area contributed by atoms with E-state index in [9.17, 15) is 26.4 Å². The summed E-state index contributed by atoms with van der Waals surface area (Å²) in [5.41, 5.74) is -0.809. The lowest BCUT2D eigenvalue weighted by molar-refractivity contribution is -0.137. The number of rotatable bonds is 4. The highest BCUT2D eigenvalue weighted by Gasteiger charge is 2.30. The van der Waals surface area contributed by atoms with Crippen LogP contribution >= 0.6 is 0 Å². The van der Waals surface area contributed by atoms with Gasteiger partial charge in [-0.15, -0.1) is 0 Å². The van der Waals surface area contributed by atoms with Crippen molar-refractivity contribution < 1.29 is 26.4 Å². The third-order valence-electron chi connectivity index (χ3n) is 2.40. The predicted molar refractivity (Wildman–Crippen MR) is 68.1 cm³/mol. The number of sulfone groups is 1. The quantitative estimate of drug-likeness (QED) is 0.923. The van der Waals surface area contributed by atoms with Gasteiger partial charge in [-0.3, -0.25) is 4.79 Å². The molecule has 1 amide bonds. The molecule has 0 saturated heterocycles. The van der Waals surface area contributed by atoms with Crippen LogP contribution in [0.1, 0.15) is 22.8 Å². The molecule has 112 valence electrons. The zero-order valence-corrected chi connectivity index (χ0v) is 11.7. The van der Waals surface area contributed by atoms with E-state index >= 15 is 0 Å². The number of hydrogen-bond acceptors (Lipinski definition) is 3. The Hall–Kier alpha value is -1.57. The summed E-state index contributed by atoms with van der Waals surface area (Å²) in [6.45, 7) is 1.50. The normalized spacial score (nSPS) is 13.8. The first-order valence-corrected chi connectivity index (χ1v) is 7.71. The molecular formula is C12H14F3NO3S. The predicted octanol–water partition coefficient (Wildman–Crippen LogP) is 1.87. The molecule has 1 atom stereocenters. The van der Waals surface area contributed by atoms with E-state index in [1.165, 1.54) is 6.92 Å². The van der Waals surface area contributed by atoms with Gasteiger partial charge in [0, 0.05) is 17.9 Å². The fourth-order valence-corrected chi connectivity index (χ4v) is 2.61. The van der Waals surface area contributed by atoms with Crippen LogP contribution in [0.2, 0.25) is 0 Å². The minimum atomic E-state index is -4.46. The van der Waals surface area contributed by atoms with E-state index in [1.807, 2.05) is 0 Å². The molecule has 0 spiro atoms. The van der Waals surface area contributed by atoms with E-state index in [0.717, 1.165) is 30.5 Å². The largest absolute Gasteiger partial charge is 0.416 e. The fourth-order valence-electron chi connectivity index (χ4n) is 1.61. The molecule has 0 aromatic heterocycles. The maximum Gasteiger partial charge on any atom is 0.416 e. The van der Waals surface area contributed by atoms with E-state index in [4.69, 9.17) is 0 Å². The van der Waals surface area contributed by atoms with Gasteiger partial charge < -0.3 is 5.32 Å². The van der Waals surface area contributed by atoms with E-state index in [0.29, 0.717) is 0 Å². The summed E-state index contributed by atoms with van der Waals surface area (Å²) in [4.78, 5) is 11.7. The first kappa shape index (κ1) is 16.5. The van der Waals surface area contributed by atoms with Crippen molar-refractivity contribution in [2.45, 2.75) is 19.1 Å². The third kappa shape index (κ3) is 5.20. The SMILES string of the molecule is CC(CS(C)(=O)=O)NC(=O)c1ccc(C(F)(F)F)cc1. The Labute approximate surface area is 114 Å². The zero-order chi connectivity index (χ0) is 15.6. The van der Waals surface area contributed by atoms with Crippen molar-refractivity contribution in [2.75, 3.05) is 12.0 Å². The number of halogens is 3. The maximum absolute atomic E-state index is 12.3. The number of carbonyl (C=O) groups excluding carboxylic acids is 1. The number of benzene rings is 1. The smallest absolute Gasteiger partial charge is 0.349 e. The summed E-state index contributed by atoms with van der Waals surface area (Å²) in [7, 11) is -3.24. The van der Waals surface area contributed by atoms with Gasteiger partial charge in [0.2, 0.25) is 0 Å². The van der Waals surface area contributed by atoms with Gasteiger partial charge in [-0.05, 0) is 31.2 Å². The number of nitrogens with one attached hydrogen (secondary N) is 1. The molecule has 0 aliphatic rings. The lowest BCUT2D eigenvalue weighted by Gasteiger charge is -2.13. The van der Waals surface area contributed by atoms with Crippen LogP contribution in [-0.4, -0.2) is 32.4 Å². The Balaban J connectivity index is 2.74. The van der Waals surface area contributed by atoms with E-state index in [2.05, 4.69) is 5.32 Å². The summed E-state index contributed by atoms with van der Waals surface area (Å²) in [5, 5.41) is 2.41. The molecule has 0 radical (unpaired) electrons. The second-order valence-electron chi connectivity index (χ2n) is 4.54. The van der Waals surface area contributed by atoms with Gasteiger partial charge in [0.25, 0.3) is 5.91 Å². The summed E-state index contributed by atoms with van der Waals surface area (Å²) in [6.07, 6.45) is -3.42. The van der Waals surface area contributed by atoms with Crippen LogP contribution in [0.4, 0.5) is 13.2 Å². The van der Waals surface area contributed by atoms with Gasteiger partial charge in [-0.2, -0.15) is 13.2 Å². The lowest BCUT2D eigenvalue weighted by atomic mass is 10.1. The van der Waals surface area contributed by atoms with Crippen LogP contribution in [-0.2, 0) is 16.0 Å². The lowest BCUT2D eigenvalue weighted by Crippen LogP contribution is -2.37. The second-order valence-corrected chi connectivity index (χ2v) is 6.73. The Morgan fingerprint density at radius 1 is 1.25 bits per heavy atom. The van der Waals surface area contributed by atoms with Crippen molar-refractivity contribution in [3.05, 3.63) is 35.4 Å². The monoisotopic (exact) mass is 309 g/mol. The van der Waals surface area contributed by atoms with Crippen molar-refractivity contribution in [2.24, 2.45) is 0 Å². The van der Waals surface area contributed by atoms with Crippen LogP contribution in [0.15, 0.2) is 24.3 Å². The number of alkyl halides is 3. The van der Waals surface area contributed by atoms with Crippen molar-refractivity contribution in [1.29, 1.82) is 0 Å². The van der Waals surface area contributed by atoms with Gasteiger partial charge in [-0.1, -0.05) is 0 Å². The van der Waals surface area contributed by atoms with Crippen molar-refractivity contribution in [1.82, 2.24) is 5.32 Å². The molecular weight excluding hydrogens is 295 g/mol. The molecule has 1 N–H and O–H groups in total. The Bertz CT molecular complexity index is 579. The maximum atomic E-state index is 12.3. The Morgan fingerprint density at radius 3 is 2.15 bits per heavy atom. The van der Waals surface area contributed by atoms with Crippen LogP contribution < -0.4 is 5.32 Å². The average Bonchev–Trinajstić information content (AvgIpc) is 2.25. The third-order valence-corrected chi connectivity index (χ3v) is 3.51. The van der Waals surface area contributed by atoms with Crippen LogP contribution in [0.3, 0.4) is 0 Å². The highest BCUT2D eigenvalue weighted by atomic mass is 32.2. The van der Waals surface area contributed by atoms with Crippen molar-refractivity contribution in [3.63, 3.8) is 0 Å². The minimum absolute atomic E-state index is 0.0401. The summed E-state index contributed by atoms with van der Waals surface area (Å²) in [5.74, 6) is -0.853. The van der Waals surface area contributed by atoms with Gasteiger partial charge in [0.15, 0.2) is 0 Å². The van der Waals surface area contributed by atoms with Crippen LogP contribution in [0, 0.1) is 0 Å². The standard InChI is InChI=1S/C12H14F3NO3S/c1-8(7-20(2,18)19)16-11(17)9-3-5-10(6-4-9)12(13,14)15/h3-6,8H,7H2,1-2H3,(H,16,17). The van der Waals surface area contributed by atoms with Crippen molar-refractivity contribution >= 4 is 15.7 Å². The molecule has 1 aromatic carbocycles. The van der Waals surface area contributed by atoms with Crippen molar-refractivity contribution in [3.8, 4) is 0 Å². The highest BCUT2D eigenvalue weighted by Crippen LogP contribution is 2.29. The Morgan fingerprint density at radius 2 is 1.75 bits per heavy atom. The van der Waals surface area contributed by atoms with E-state index < -0.39 is 33.5 Å². The van der Waals surface area contributed by atoms with Gasteiger partial charge in [0.05, 0.1) is 11.3 Å². The van der Waals surface area contributed by atoms with Crippen LogP contribution in [0.5, 0.6) is 0 Å². The Kier molecular flexibility index (Phi) is 4.80. The molecule has 0 heterocycles. The van der Waals surface area contributed by atoms with Gasteiger partial charge >= 0.3 is 6.18 Å². The van der Waals surface area contributed by atoms with Gasteiger partial charge in [0.1, 0.15) is 9.84 Å². The zero-order valence-electron chi connectivity index (χ0n) is 10.9. The molecule has 1 rings (SSSR count). The first-order valence-electron chi connectivity index (χ1n) is 5.65. The molecule has 1 unspecified atom stereocenters. The summed E-state index contributed by atoms with van der Waals surface area (Å²) in [6, 6.07) is 3.07. The topological polar surface area (TPSA) is 63.2 Å². The first-order chi connectivity index (χ1) is 8.99. The molecule has 0 fully saturated rings. The molecule has 8 heteroatoms. The van der Waals surface area contributed by atoms with E-state index in [-0.39, 0.29) is 11.3 Å². The highest BCUT2D eigenvalue weighted by molar-refractivity contribution is 7.90. The molecule has 4 nitrogen and oxygen atoms in total. The number of hydrogen-bond donors (Lipinski definition) is 1. The molecule has 1 aromatic rings. The molecule has 0 aliphatic heterocycles.